The Morgan fingerprint density at radius 2 is 2.22 bits per heavy atom. The maximum atomic E-state index is 11.7. The fourth-order valence-corrected chi connectivity index (χ4v) is 3.74. The molecule has 0 saturated carbocycles. The summed E-state index contributed by atoms with van der Waals surface area (Å²) in [5.41, 5.74) is 1.68. The number of ether oxygens (including phenoxy) is 1. The molecule has 1 aromatic heterocycles. The first-order chi connectivity index (χ1) is 11.0. The van der Waals surface area contributed by atoms with E-state index in [0.29, 0.717) is 10.6 Å². The Labute approximate surface area is 143 Å². The van der Waals surface area contributed by atoms with Crippen molar-refractivity contribution in [1.29, 1.82) is 5.26 Å². The summed E-state index contributed by atoms with van der Waals surface area (Å²) >= 11 is 6.55. The van der Waals surface area contributed by atoms with Crippen molar-refractivity contribution in [3.05, 3.63) is 28.2 Å². The first-order valence-electron chi connectivity index (χ1n) is 7.06. The minimum atomic E-state index is -0.594. The number of amides is 1. The fraction of sp³-hybridized carbons (Fsp3) is 0.333. The van der Waals surface area contributed by atoms with Gasteiger partial charge in [-0.2, -0.15) is 5.26 Å². The van der Waals surface area contributed by atoms with Gasteiger partial charge in [0.05, 0.1) is 12.2 Å². The summed E-state index contributed by atoms with van der Waals surface area (Å²) in [4.78, 5) is 24.0. The van der Waals surface area contributed by atoms with E-state index in [1.54, 1.807) is 6.92 Å². The Morgan fingerprint density at radius 3 is 2.91 bits per heavy atom. The first-order valence-corrected chi connectivity index (χ1v) is 8.29. The van der Waals surface area contributed by atoms with Crippen LogP contribution in [0.5, 0.6) is 0 Å². The molecule has 0 unspecified atom stereocenters. The topological polar surface area (TPSA) is 91.2 Å². The van der Waals surface area contributed by atoms with Crippen LogP contribution in [0.2, 0.25) is 0 Å². The van der Waals surface area contributed by atoms with E-state index < -0.39 is 11.9 Å². The molecule has 23 heavy (non-hydrogen) atoms. The van der Waals surface area contributed by atoms with E-state index in [-0.39, 0.29) is 11.7 Å². The van der Waals surface area contributed by atoms with Crippen molar-refractivity contribution in [3.8, 4) is 6.07 Å². The van der Waals surface area contributed by atoms with Crippen molar-refractivity contribution in [2.45, 2.75) is 26.2 Å². The monoisotopic (exact) mass is 349 g/mol. The van der Waals surface area contributed by atoms with Crippen molar-refractivity contribution in [2.75, 3.05) is 11.9 Å². The smallest absolute Gasteiger partial charge is 0.330 e. The van der Waals surface area contributed by atoms with Crippen LogP contribution in [-0.2, 0) is 27.2 Å². The summed E-state index contributed by atoms with van der Waals surface area (Å²) in [7, 11) is 0. The largest absolute Gasteiger partial charge is 0.463 e. The van der Waals surface area contributed by atoms with Gasteiger partial charge in [0.1, 0.15) is 11.1 Å². The minimum absolute atomic E-state index is 0.0833. The average molecular weight is 349 g/mol. The Balaban J connectivity index is 1.94. The zero-order valence-corrected chi connectivity index (χ0v) is 14.1. The number of rotatable bonds is 4. The predicted molar refractivity (Wildman–Crippen MR) is 91.2 cm³/mol. The molecule has 0 radical (unpaired) electrons. The van der Waals surface area contributed by atoms with Crippen LogP contribution < -0.4 is 10.6 Å². The Kier molecular flexibility index (Phi) is 5.84. The summed E-state index contributed by atoms with van der Waals surface area (Å²) in [5, 5.41) is 15.3. The molecule has 0 aromatic carbocycles. The van der Waals surface area contributed by atoms with Gasteiger partial charge >= 0.3 is 5.97 Å². The van der Waals surface area contributed by atoms with Gasteiger partial charge < -0.3 is 10.1 Å². The van der Waals surface area contributed by atoms with Gasteiger partial charge in [0.2, 0.25) is 5.91 Å². The molecule has 1 aliphatic carbocycles. The van der Waals surface area contributed by atoms with Gasteiger partial charge in [-0.1, -0.05) is 0 Å². The number of anilines is 1. The minimum Gasteiger partial charge on any atom is -0.463 e. The second-order valence-electron chi connectivity index (χ2n) is 4.70. The van der Waals surface area contributed by atoms with Gasteiger partial charge in [-0.25, -0.2) is 4.79 Å². The molecule has 1 aliphatic rings. The molecule has 2 N–H and O–H groups in total. The highest BCUT2D eigenvalue weighted by Crippen LogP contribution is 2.38. The Hall–Kier alpha value is -2.24. The summed E-state index contributed by atoms with van der Waals surface area (Å²) in [6, 6.07) is 2.19. The molecule has 0 atom stereocenters. The molecule has 120 valence electrons. The van der Waals surface area contributed by atoms with Gasteiger partial charge in [-0.15, -0.1) is 11.3 Å². The highest BCUT2D eigenvalue weighted by atomic mass is 32.1. The van der Waals surface area contributed by atoms with Gasteiger partial charge in [-0.3, -0.25) is 10.1 Å². The number of carbonyl (C=O) groups is 2. The zero-order valence-electron chi connectivity index (χ0n) is 12.5. The molecular weight excluding hydrogens is 334 g/mol. The number of hydrogen-bond donors (Lipinski definition) is 2. The van der Waals surface area contributed by atoms with Crippen molar-refractivity contribution in [1.82, 2.24) is 5.32 Å². The third kappa shape index (κ3) is 4.37. The molecule has 0 spiro atoms. The highest BCUT2D eigenvalue weighted by Gasteiger charge is 2.22. The quantitative estimate of drug-likeness (QED) is 0.491. The van der Waals surface area contributed by atoms with Gasteiger partial charge in [0, 0.05) is 17.0 Å². The molecule has 1 heterocycles. The Morgan fingerprint density at radius 1 is 1.43 bits per heavy atom. The van der Waals surface area contributed by atoms with Crippen molar-refractivity contribution >= 4 is 45.5 Å². The number of fused-ring (bicyclic) bond motifs is 1. The lowest BCUT2D eigenvalue weighted by molar-refractivity contribution is -0.137. The number of aryl methyl sites for hydroxylation is 1. The molecular formula is C15H15N3O3S2. The van der Waals surface area contributed by atoms with Crippen LogP contribution in [-0.4, -0.2) is 23.6 Å². The number of carbonyl (C=O) groups excluding carboxylic acids is 2. The molecule has 0 fully saturated rings. The number of thiophene rings is 1. The maximum absolute atomic E-state index is 11.7. The van der Waals surface area contributed by atoms with Crippen LogP contribution in [0.3, 0.4) is 0 Å². The molecule has 6 nitrogen and oxygen atoms in total. The van der Waals surface area contributed by atoms with Crippen molar-refractivity contribution in [3.63, 3.8) is 0 Å². The Bertz CT molecular complexity index is 716. The fourth-order valence-electron chi connectivity index (χ4n) is 2.23. The summed E-state index contributed by atoms with van der Waals surface area (Å²) in [6.07, 6.45) is 5.01. The van der Waals surface area contributed by atoms with E-state index in [9.17, 15) is 14.9 Å². The van der Waals surface area contributed by atoms with E-state index in [4.69, 9.17) is 12.2 Å². The molecule has 0 saturated heterocycles. The van der Waals surface area contributed by atoms with Gasteiger partial charge in [0.25, 0.3) is 0 Å². The number of esters is 1. The molecule has 0 bridgehead atoms. The molecule has 0 aliphatic heterocycles. The number of nitrogens with zero attached hydrogens (tertiary/aromatic N) is 1. The number of nitrogens with one attached hydrogen (secondary N) is 2. The van der Waals surface area contributed by atoms with Crippen LogP contribution in [0.4, 0.5) is 5.00 Å². The van der Waals surface area contributed by atoms with E-state index in [0.717, 1.165) is 37.0 Å². The molecule has 8 heteroatoms. The lowest BCUT2D eigenvalue weighted by atomic mass is 10.1. The van der Waals surface area contributed by atoms with E-state index >= 15 is 0 Å². The third-order valence-electron chi connectivity index (χ3n) is 3.15. The molecule has 2 rings (SSSR count). The second-order valence-corrected chi connectivity index (χ2v) is 6.22. The maximum Gasteiger partial charge on any atom is 0.330 e. The standard InChI is InChI=1S/C15H15N3O3S2/c1-2-21-13(20)7-6-12(19)17-15(22)18-14-10(8-16)9-4-3-5-11(9)23-14/h6-7H,2-5H2,1H3,(H2,17,18,19,22). The SMILES string of the molecule is CCOC(=O)C=CC(=O)NC(=S)Nc1sc2c(c1C#N)CCC2. The van der Waals surface area contributed by atoms with E-state index in [1.165, 1.54) is 16.2 Å². The average Bonchev–Trinajstić information content (AvgIpc) is 3.05. The van der Waals surface area contributed by atoms with Crippen LogP contribution in [0.15, 0.2) is 12.2 Å². The zero-order chi connectivity index (χ0) is 16.8. The number of hydrogen-bond acceptors (Lipinski definition) is 6. The normalized spacial score (nSPS) is 12.5. The molecule has 1 amide bonds. The van der Waals surface area contributed by atoms with Gasteiger partial charge in [-0.05, 0) is 44.0 Å². The second kappa shape index (κ2) is 7.85. The number of thiocarbonyl (C=S) groups is 1. The van der Waals surface area contributed by atoms with E-state index in [2.05, 4.69) is 21.4 Å². The summed E-state index contributed by atoms with van der Waals surface area (Å²) in [6.45, 7) is 1.92. The first kappa shape index (κ1) is 17.1. The van der Waals surface area contributed by atoms with Crippen LogP contribution in [0.1, 0.15) is 29.3 Å². The summed E-state index contributed by atoms with van der Waals surface area (Å²) < 4.78 is 4.67. The van der Waals surface area contributed by atoms with Crippen LogP contribution >= 0.6 is 23.6 Å². The predicted octanol–water partition coefficient (Wildman–Crippen LogP) is 2.04. The van der Waals surface area contributed by atoms with Crippen molar-refractivity contribution in [2.24, 2.45) is 0 Å². The highest BCUT2D eigenvalue weighted by molar-refractivity contribution is 7.80. The van der Waals surface area contributed by atoms with Gasteiger partial charge in [0.15, 0.2) is 5.11 Å². The lowest BCUT2D eigenvalue weighted by Crippen LogP contribution is -2.33. The van der Waals surface area contributed by atoms with Crippen molar-refractivity contribution < 1.29 is 14.3 Å². The lowest BCUT2D eigenvalue weighted by Gasteiger charge is -2.06. The van der Waals surface area contributed by atoms with Crippen LogP contribution in [0, 0.1) is 11.3 Å². The number of nitriles is 1. The van der Waals surface area contributed by atoms with Crippen LogP contribution in [0.25, 0.3) is 0 Å². The third-order valence-corrected chi connectivity index (χ3v) is 4.57. The molecule has 1 aromatic rings. The van der Waals surface area contributed by atoms with E-state index in [1.807, 2.05) is 0 Å². The summed E-state index contributed by atoms with van der Waals surface area (Å²) in [5.74, 6) is -1.14.